The second-order valence-electron chi connectivity index (χ2n) is 6.50. The summed E-state index contributed by atoms with van der Waals surface area (Å²) in [6.07, 6.45) is 1.85. The maximum atomic E-state index is 12.5. The standard InChI is InChI=1S/C20H20N4O3S2/c1-2-3-10-24-18-11-16(29(22,26)27)8-9-17(18)23-20(24)28-13-19(25)15-6-4-14(12-21)5-7-15/h4-9,11H,2-3,10,13H2,1H3,(H2,22,26,27). The van der Waals surface area contributed by atoms with Gasteiger partial charge in [0.15, 0.2) is 10.9 Å². The average Bonchev–Trinajstić information content (AvgIpc) is 3.06. The first-order valence-corrected chi connectivity index (χ1v) is 11.6. The largest absolute Gasteiger partial charge is 0.319 e. The van der Waals surface area contributed by atoms with Crippen LogP contribution in [0.3, 0.4) is 0 Å². The van der Waals surface area contributed by atoms with E-state index < -0.39 is 10.0 Å². The smallest absolute Gasteiger partial charge is 0.238 e. The SMILES string of the molecule is CCCCn1c(SCC(=O)c2ccc(C#N)cc2)nc2ccc(S(N)(=O)=O)cc21. The molecule has 0 aliphatic rings. The van der Waals surface area contributed by atoms with E-state index in [1.165, 1.54) is 23.9 Å². The molecule has 0 fully saturated rings. The average molecular weight is 429 g/mol. The molecule has 2 aromatic carbocycles. The Kier molecular flexibility index (Phi) is 6.37. The van der Waals surface area contributed by atoms with Crippen LogP contribution >= 0.6 is 11.8 Å². The van der Waals surface area contributed by atoms with E-state index in [1.54, 1.807) is 30.3 Å². The molecule has 0 atom stereocenters. The molecular formula is C20H20N4O3S2. The van der Waals surface area contributed by atoms with Gasteiger partial charge in [0.25, 0.3) is 0 Å². The fraction of sp³-hybridized carbons (Fsp3) is 0.250. The minimum absolute atomic E-state index is 0.0351. The number of primary sulfonamides is 1. The van der Waals surface area contributed by atoms with Gasteiger partial charge in [0.05, 0.1) is 33.3 Å². The number of hydrogen-bond donors (Lipinski definition) is 1. The third-order valence-electron chi connectivity index (χ3n) is 4.42. The van der Waals surface area contributed by atoms with E-state index in [9.17, 15) is 13.2 Å². The molecule has 0 aliphatic heterocycles. The van der Waals surface area contributed by atoms with Crippen LogP contribution in [0, 0.1) is 11.3 Å². The number of nitriles is 1. The van der Waals surface area contributed by atoms with Crippen molar-refractivity contribution in [3.63, 3.8) is 0 Å². The summed E-state index contributed by atoms with van der Waals surface area (Å²) in [6, 6.07) is 13.1. The Balaban J connectivity index is 1.89. The highest BCUT2D eigenvalue weighted by molar-refractivity contribution is 7.99. The molecule has 7 nitrogen and oxygen atoms in total. The molecule has 0 aliphatic carbocycles. The van der Waals surface area contributed by atoms with Crippen LogP contribution in [0.2, 0.25) is 0 Å². The summed E-state index contributed by atoms with van der Waals surface area (Å²) in [6.45, 7) is 2.73. The van der Waals surface area contributed by atoms with E-state index in [2.05, 4.69) is 11.9 Å². The highest BCUT2D eigenvalue weighted by Crippen LogP contribution is 2.27. The Morgan fingerprint density at radius 2 is 1.97 bits per heavy atom. The van der Waals surface area contributed by atoms with E-state index in [0.29, 0.717) is 33.9 Å². The van der Waals surface area contributed by atoms with Crippen molar-refractivity contribution in [1.29, 1.82) is 5.26 Å². The lowest BCUT2D eigenvalue weighted by atomic mass is 10.1. The normalized spacial score (nSPS) is 11.5. The molecule has 2 N–H and O–H groups in total. The molecule has 0 amide bonds. The van der Waals surface area contributed by atoms with Crippen LogP contribution < -0.4 is 5.14 Å². The zero-order valence-electron chi connectivity index (χ0n) is 15.8. The number of nitrogens with zero attached hydrogens (tertiary/aromatic N) is 3. The van der Waals surface area contributed by atoms with Gasteiger partial charge in [0, 0.05) is 12.1 Å². The fourth-order valence-electron chi connectivity index (χ4n) is 2.84. The zero-order valence-corrected chi connectivity index (χ0v) is 17.5. The van der Waals surface area contributed by atoms with Gasteiger partial charge in [-0.3, -0.25) is 4.79 Å². The van der Waals surface area contributed by atoms with Crippen LogP contribution in [0.1, 0.15) is 35.7 Å². The maximum Gasteiger partial charge on any atom is 0.238 e. The number of carbonyl (C=O) groups is 1. The maximum absolute atomic E-state index is 12.5. The number of aromatic nitrogens is 2. The van der Waals surface area contributed by atoms with Crippen LogP contribution in [0.15, 0.2) is 52.5 Å². The number of rotatable bonds is 8. The lowest BCUT2D eigenvalue weighted by Crippen LogP contribution is -2.12. The lowest BCUT2D eigenvalue weighted by Gasteiger charge is -2.08. The topological polar surface area (TPSA) is 119 Å². The van der Waals surface area contributed by atoms with E-state index in [-0.39, 0.29) is 16.4 Å². The number of nitrogens with two attached hydrogens (primary N) is 1. The van der Waals surface area contributed by atoms with Crippen LogP contribution in [-0.4, -0.2) is 29.5 Å². The van der Waals surface area contributed by atoms with Gasteiger partial charge in [-0.25, -0.2) is 18.5 Å². The molecule has 0 unspecified atom stereocenters. The van der Waals surface area contributed by atoms with E-state index in [1.807, 2.05) is 10.6 Å². The Hall–Kier alpha value is -2.67. The molecule has 0 saturated heterocycles. The van der Waals surface area contributed by atoms with Crippen molar-refractivity contribution in [1.82, 2.24) is 9.55 Å². The van der Waals surface area contributed by atoms with Crippen molar-refractivity contribution in [3.05, 3.63) is 53.6 Å². The van der Waals surface area contributed by atoms with Crippen molar-refractivity contribution in [2.75, 3.05) is 5.75 Å². The van der Waals surface area contributed by atoms with Gasteiger partial charge in [-0.05, 0) is 36.8 Å². The summed E-state index contributed by atoms with van der Waals surface area (Å²) in [7, 11) is -3.81. The minimum atomic E-state index is -3.81. The number of imidazole rings is 1. The van der Waals surface area contributed by atoms with Gasteiger partial charge >= 0.3 is 0 Å². The third kappa shape index (κ3) is 4.85. The molecule has 3 aromatic rings. The number of aryl methyl sites for hydroxylation is 1. The molecule has 0 saturated carbocycles. The number of Topliss-reactive ketones (excluding diaryl/α,β-unsaturated/α-hetero) is 1. The highest BCUT2D eigenvalue weighted by Gasteiger charge is 2.16. The summed E-state index contributed by atoms with van der Waals surface area (Å²) in [5, 5.41) is 14.8. The van der Waals surface area contributed by atoms with Crippen LogP contribution in [0.4, 0.5) is 0 Å². The summed E-state index contributed by atoms with van der Waals surface area (Å²) in [5.74, 6) is 0.113. The molecule has 1 aromatic heterocycles. The molecule has 0 radical (unpaired) electrons. The molecular weight excluding hydrogens is 408 g/mol. The van der Waals surface area contributed by atoms with E-state index in [4.69, 9.17) is 10.4 Å². The number of ketones is 1. The van der Waals surface area contributed by atoms with Crippen LogP contribution in [0.5, 0.6) is 0 Å². The number of thioether (sulfide) groups is 1. The number of benzene rings is 2. The monoisotopic (exact) mass is 428 g/mol. The highest BCUT2D eigenvalue weighted by atomic mass is 32.2. The van der Waals surface area contributed by atoms with Crippen LogP contribution in [-0.2, 0) is 16.6 Å². The van der Waals surface area contributed by atoms with Gasteiger partial charge in [0.1, 0.15) is 0 Å². The summed E-state index contributed by atoms with van der Waals surface area (Å²) in [5.41, 5.74) is 2.37. The molecule has 1 heterocycles. The lowest BCUT2D eigenvalue weighted by molar-refractivity contribution is 0.102. The Morgan fingerprint density at radius 3 is 2.59 bits per heavy atom. The predicted octanol–water partition coefficient (Wildman–Crippen LogP) is 3.33. The summed E-state index contributed by atoms with van der Waals surface area (Å²) in [4.78, 5) is 17.1. The second kappa shape index (κ2) is 8.78. The predicted molar refractivity (Wildman–Crippen MR) is 112 cm³/mol. The Labute approximate surface area is 173 Å². The number of unbranched alkanes of at least 4 members (excludes halogenated alkanes) is 1. The molecule has 0 bridgehead atoms. The van der Waals surface area contributed by atoms with Gasteiger partial charge in [-0.1, -0.05) is 37.2 Å². The number of sulfonamides is 1. The first-order valence-electron chi connectivity index (χ1n) is 9.02. The molecule has 9 heteroatoms. The van der Waals surface area contributed by atoms with E-state index >= 15 is 0 Å². The van der Waals surface area contributed by atoms with Crippen molar-refractivity contribution < 1.29 is 13.2 Å². The number of carbonyl (C=O) groups excluding carboxylic acids is 1. The first kappa shape index (κ1) is 21.0. The van der Waals surface area contributed by atoms with E-state index in [0.717, 1.165) is 12.8 Å². The van der Waals surface area contributed by atoms with Crippen molar-refractivity contribution in [2.24, 2.45) is 5.14 Å². The third-order valence-corrected chi connectivity index (χ3v) is 6.30. The van der Waals surface area contributed by atoms with Gasteiger partial charge < -0.3 is 4.57 Å². The quantitative estimate of drug-likeness (QED) is 0.434. The van der Waals surface area contributed by atoms with Crippen molar-refractivity contribution in [2.45, 2.75) is 36.4 Å². The van der Waals surface area contributed by atoms with Gasteiger partial charge in [-0.2, -0.15) is 5.26 Å². The summed E-state index contributed by atoms with van der Waals surface area (Å²) < 4.78 is 25.3. The Morgan fingerprint density at radius 1 is 1.24 bits per heavy atom. The number of fused-ring (bicyclic) bond motifs is 1. The number of hydrogen-bond acceptors (Lipinski definition) is 6. The van der Waals surface area contributed by atoms with Crippen molar-refractivity contribution in [3.8, 4) is 6.07 Å². The molecule has 0 spiro atoms. The first-order chi connectivity index (χ1) is 13.8. The molecule has 29 heavy (non-hydrogen) atoms. The fourth-order valence-corrected chi connectivity index (χ4v) is 4.31. The molecule has 150 valence electrons. The van der Waals surface area contributed by atoms with Gasteiger partial charge in [-0.15, -0.1) is 0 Å². The van der Waals surface area contributed by atoms with Gasteiger partial charge in [0.2, 0.25) is 10.0 Å². The Bertz CT molecular complexity index is 1190. The minimum Gasteiger partial charge on any atom is -0.319 e. The van der Waals surface area contributed by atoms with Crippen LogP contribution in [0.25, 0.3) is 11.0 Å². The summed E-state index contributed by atoms with van der Waals surface area (Å²) >= 11 is 1.31. The molecule has 3 rings (SSSR count). The second-order valence-corrected chi connectivity index (χ2v) is 9.00. The zero-order chi connectivity index (χ0) is 21.0. The van der Waals surface area contributed by atoms with Crippen molar-refractivity contribution >= 4 is 38.6 Å².